The molecule has 0 aliphatic rings. The fraction of sp³-hybridized carbons (Fsp3) is 0.143. The van der Waals surface area contributed by atoms with Crippen LogP contribution in [0, 0.1) is 6.92 Å². The van der Waals surface area contributed by atoms with E-state index in [0.29, 0.717) is 16.5 Å². The molecule has 0 saturated carbocycles. The highest BCUT2D eigenvalue weighted by Crippen LogP contribution is 2.36. The van der Waals surface area contributed by atoms with E-state index in [1.54, 1.807) is 35.8 Å². The van der Waals surface area contributed by atoms with Gasteiger partial charge in [-0.2, -0.15) is 0 Å². The van der Waals surface area contributed by atoms with Gasteiger partial charge < -0.3 is 10.1 Å². The molecule has 1 amide bonds. The van der Waals surface area contributed by atoms with Gasteiger partial charge in [-0.15, -0.1) is 32.9 Å². The number of rotatable bonds is 7. The quantitative estimate of drug-likeness (QED) is 0.378. The number of thiophene rings is 1. The first kappa shape index (κ1) is 20.5. The van der Waals surface area contributed by atoms with Crippen LogP contribution in [0.15, 0.2) is 58.9 Å². The van der Waals surface area contributed by atoms with Gasteiger partial charge in [0.1, 0.15) is 21.5 Å². The number of aromatic nitrogens is 3. The first-order chi connectivity index (χ1) is 14.6. The van der Waals surface area contributed by atoms with Crippen molar-refractivity contribution >= 4 is 46.0 Å². The summed E-state index contributed by atoms with van der Waals surface area (Å²) in [6.45, 7) is 1.98. The van der Waals surface area contributed by atoms with Crippen LogP contribution in [0.25, 0.3) is 20.5 Å². The second-order valence-corrected chi connectivity index (χ2v) is 9.18. The summed E-state index contributed by atoms with van der Waals surface area (Å²) < 4.78 is 5.17. The Morgan fingerprint density at radius 3 is 2.80 bits per heavy atom. The third-order valence-electron chi connectivity index (χ3n) is 4.11. The van der Waals surface area contributed by atoms with Gasteiger partial charge in [0, 0.05) is 11.8 Å². The molecule has 0 bridgehead atoms. The van der Waals surface area contributed by atoms with Crippen LogP contribution in [0.3, 0.4) is 0 Å². The number of aryl methyl sites for hydroxylation is 1. The third-order valence-corrected chi connectivity index (χ3v) is 7.24. The number of amides is 1. The predicted molar refractivity (Wildman–Crippen MR) is 124 cm³/mol. The normalized spacial score (nSPS) is 10.7. The van der Waals surface area contributed by atoms with Gasteiger partial charge in [0.2, 0.25) is 5.91 Å². The Bertz CT molecular complexity index is 1140. The van der Waals surface area contributed by atoms with Crippen LogP contribution in [0.1, 0.15) is 5.69 Å². The second-order valence-electron chi connectivity index (χ2n) is 6.24. The van der Waals surface area contributed by atoms with Crippen LogP contribution in [-0.2, 0) is 4.79 Å². The molecular weight excluding hydrogens is 436 g/mol. The molecule has 1 N–H and O–H groups in total. The van der Waals surface area contributed by atoms with Crippen molar-refractivity contribution in [3.63, 3.8) is 0 Å². The molecule has 0 saturated heterocycles. The van der Waals surface area contributed by atoms with Crippen molar-refractivity contribution in [2.24, 2.45) is 0 Å². The zero-order valence-electron chi connectivity index (χ0n) is 16.3. The molecule has 4 aromatic rings. The second kappa shape index (κ2) is 9.38. The van der Waals surface area contributed by atoms with Gasteiger partial charge in [-0.05, 0) is 42.6 Å². The lowest BCUT2D eigenvalue weighted by atomic mass is 10.3. The number of nitrogens with zero attached hydrogens (tertiary/aromatic N) is 3. The molecule has 3 aromatic heterocycles. The van der Waals surface area contributed by atoms with Crippen molar-refractivity contribution in [3.8, 4) is 26.2 Å². The standard InChI is InChI=1S/C21H18N4O2S3/c1-13-20(30-21(22-13)17-7-4-10-28-17)16-8-9-19(25-24-16)29-12-18(26)23-14-5-3-6-15(11-14)27-2/h3-11H,12H2,1-2H3,(H,23,26). The van der Waals surface area contributed by atoms with Gasteiger partial charge in [0.05, 0.1) is 28.3 Å². The number of thioether (sulfide) groups is 1. The topological polar surface area (TPSA) is 77.0 Å². The number of anilines is 1. The smallest absolute Gasteiger partial charge is 0.234 e. The molecule has 0 aliphatic heterocycles. The molecule has 4 rings (SSSR count). The summed E-state index contributed by atoms with van der Waals surface area (Å²) in [7, 11) is 1.59. The van der Waals surface area contributed by atoms with Crippen LogP contribution in [0.5, 0.6) is 5.75 Å². The highest BCUT2D eigenvalue weighted by atomic mass is 32.2. The number of carbonyl (C=O) groups excluding carboxylic acids is 1. The molecule has 0 unspecified atom stereocenters. The average molecular weight is 455 g/mol. The maximum atomic E-state index is 12.2. The third kappa shape index (κ3) is 4.86. The molecule has 0 aliphatic carbocycles. The maximum absolute atomic E-state index is 12.2. The summed E-state index contributed by atoms with van der Waals surface area (Å²) in [6.07, 6.45) is 0. The number of hydrogen-bond donors (Lipinski definition) is 1. The monoisotopic (exact) mass is 454 g/mol. The Kier molecular flexibility index (Phi) is 6.41. The van der Waals surface area contributed by atoms with Crippen molar-refractivity contribution in [1.82, 2.24) is 15.2 Å². The molecule has 0 radical (unpaired) electrons. The van der Waals surface area contributed by atoms with E-state index < -0.39 is 0 Å². The number of hydrogen-bond acceptors (Lipinski definition) is 8. The van der Waals surface area contributed by atoms with Crippen LogP contribution in [0.2, 0.25) is 0 Å². The van der Waals surface area contributed by atoms with Gasteiger partial charge in [0.25, 0.3) is 0 Å². The summed E-state index contributed by atoms with van der Waals surface area (Å²) in [5, 5.41) is 15.2. The average Bonchev–Trinajstić information content (AvgIpc) is 3.43. The molecule has 3 heterocycles. The minimum atomic E-state index is -0.113. The van der Waals surface area contributed by atoms with Crippen molar-refractivity contribution in [1.29, 1.82) is 0 Å². The van der Waals surface area contributed by atoms with Crippen molar-refractivity contribution in [2.75, 3.05) is 18.2 Å². The minimum absolute atomic E-state index is 0.113. The number of ether oxygens (including phenoxy) is 1. The lowest BCUT2D eigenvalue weighted by molar-refractivity contribution is -0.113. The van der Waals surface area contributed by atoms with Gasteiger partial charge in [-0.3, -0.25) is 4.79 Å². The lowest BCUT2D eigenvalue weighted by Crippen LogP contribution is -2.14. The van der Waals surface area contributed by atoms with E-state index in [1.165, 1.54) is 11.8 Å². The Hall–Kier alpha value is -2.75. The van der Waals surface area contributed by atoms with Gasteiger partial charge >= 0.3 is 0 Å². The van der Waals surface area contributed by atoms with Gasteiger partial charge in [-0.1, -0.05) is 23.9 Å². The first-order valence-corrected chi connectivity index (χ1v) is 11.7. The SMILES string of the molecule is COc1cccc(NC(=O)CSc2ccc(-c3sc(-c4cccs4)nc3C)nn2)c1. The van der Waals surface area contributed by atoms with Crippen LogP contribution in [-0.4, -0.2) is 34.0 Å². The number of benzene rings is 1. The Morgan fingerprint density at radius 2 is 2.07 bits per heavy atom. The zero-order valence-corrected chi connectivity index (χ0v) is 18.7. The molecule has 0 fully saturated rings. The maximum Gasteiger partial charge on any atom is 0.234 e. The minimum Gasteiger partial charge on any atom is -0.497 e. The lowest BCUT2D eigenvalue weighted by Gasteiger charge is -2.06. The van der Waals surface area contributed by atoms with E-state index in [-0.39, 0.29) is 11.7 Å². The summed E-state index contributed by atoms with van der Waals surface area (Å²) in [5.74, 6) is 0.827. The Balaban J connectivity index is 1.37. The molecule has 0 atom stereocenters. The molecule has 6 nitrogen and oxygen atoms in total. The number of carbonyl (C=O) groups is 1. The molecule has 152 valence electrons. The molecule has 0 spiro atoms. The largest absolute Gasteiger partial charge is 0.497 e. The van der Waals surface area contributed by atoms with E-state index in [0.717, 1.165) is 26.1 Å². The Labute approximate surface area is 186 Å². The van der Waals surface area contributed by atoms with Gasteiger partial charge in [0.15, 0.2) is 0 Å². The molecule has 1 aromatic carbocycles. The fourth-order valence-corrected chi connectivity index (χ4v) is 5.14. The number of nitrogens with one attached hydrogen (secondary N) is 1. The molecule has 9 heteroatoms. The van der Waals surface area contributed by atoms with Gasteiger partial charge in [-0.25, -0.2) is 4.98 Å². The highest BCUT2D eigenvalue weighted by molar-refractivity contribution is 7.99. The van der Waals surface area contributed by atoms with Crippen molar-refractivity contribution in [3.05, 3.63) is 59.6 Å². The Morgan fingerprint density at radius 1 is 1.17 bits per heavy atom. The summed E-state index contributed by atoms with van der Waals surface area (Å²) in [5.41, 5.74) is 2.43. The summed E-state index contributed by atoms with van der Waals surface area (Å²) in [4.78, 5) is 19.0. The fourth-order valence-electron chi connectivity index (χ4n) is 2.70. The highest BCUT2D eigenvalue weighted by Gasteiger charge is 2.14. The van der Waals surface area contributed by atoms with E-state index in [9.17, 15) is 4.79 Å². The number of methoxy groups -OCH3 is 1. The first-order valence-electron chi connectivity index (χ1n) is 9.04. The zero-order chi connectivity index (χ0) is 20.9. The van der Waals surface area contributed by atoms with Crippen LogP contribution < -0.4 is 10.1 Å². The molecule has 30 heavy (non-hydrogen) atoms. The van der Waals surface area contributed by atoms with E-state index in [2.05, 4.69) is 26.6 Å². The van der Waals surface area contributed by atoms with Crippen LogP contribution >= 0.6 is 34.4 Å². The van der Waals surface area contributed by atoms with Crippen LogP contribution in [0.4, 0.5) is 5.69 Å². The summed E-state index contributed by atoms with van der Waals surface area (Å²) >= 11 is 4.63. The van der Waals surface area contributed by atoms with E-state index in [1.807, 2.05) is 48.7 Å². The summed E-state index contributed by atoms with van der Waals surface area (Å²) in [6, 6.07) is 15.2. The molecular formula is C21H18N4O2S3. The van der Waals surface area contributed by atoms with Crippen molar-refractivity contribution in [2.45, 2.75) is 11.9 Å². The van der Waals surface area contributed by atoms with E-state index in [4.69, 9.17) is 4.74 Å². The number of thiazole rings is 1. The van der Waals surface area contributed by atoms with E-state index >= 15 is 0 Å². The van der Waals surface area contributed by atoms with Crippen molar-refractivity contribution < 1.29 is 9.53 Å². The predicted octanol–water partition coefficient (Wildman–Crippen LogP) is 5.38.